The molecule has 0 bridgehead atoms. The second kappa shape index (κ2) is 11.5. The van der Waals surface area contributed by atoms with Crippen LogP contribution in [0.25, 0.3) is 0 Å². The van der Waals surface area contributed by atoms with E-state index in [0.717, 1.165) is 24.3 Å². The van der Waals surface area contributed by atoms with Gasteiger partial charge in [0.25, 0.3) is 0 Å². The van der Waals surface area contributed by atoms with Gasteiger partial charge in [0.2, 0.25) is 0 Å². The number of halogens is 7. The Labute approximate surface area is 229 Å². The summed E-state index contributed by atoms with van der Waals surface area (Å²) in [6, 6.07) is 19.8. The van der Waals surface area contributed by atoms with Crippen molar-refractivity contribution in [3.05, 3.63) is 125 Å². The van der Waals surface area contributed by atoms with Crippen molar-refractivity contribution in [1.29, 1.82) is 0 Å². The average Bonchev–Trinajstić information content (AvgIpc) is 2.89. The lowest BCUT2D eigenvalue weighted by Gasteiger charge is -2.36. The Balaban J connectivity index is 1.77. The van der Waals surface area contributed by atoms with Crippen molar-refractivity contribution in [2.24, 2.45) is 0 Å². The van der Waals surface area contributed by atoms with Crippen molar-refractivity contribution >= 4 is 23.3 Å². The lowest BCUT2D eigenvalue weighted by atomic mass is 9.80. The fraction of sp³-hybridized carbons (Fsp3) is 0.143. The van der Waals surface area contributed by atoms with E-state index in [1.165, 1.54) is 42.6 Å². The zero-order chi connectivity index (χ0) is 29.0. The maximum Gasteiger partial charge on any atom is 0.573 e. The number of ether oxygens (including phenoxy) is 1. The van der Waals surface area contributed by atoms with Crippen LogP contribution in [0.2, 0.25) is 5.02 Å². The topological polar surface area (TPSA) is 63.2 Å². The average molecular weight is 580 g/mol. The van der Waals surface area contributed by atoms with E-state index in [4.69, 9.17) is 11.6 Å². The summed E-state index contributed by atoms with van der Waals surface area (Å²) >= 11 is 6.03. The van der Waals surface area contributed by atoms with Crippen molar-refractivity contribution in [1.82, 2.24) is 10.3 Å². The first kappa shape index (κ1) is 28.8. The Morgan fingerprint density at radius 1 is 0.825 bits per heavy atom. The molecule has 1 unspecified atom stereocenters. The van der Waals surface area contributed by atoms with Gasteiger partial charge < -0.3 is 15.4 Å². The molecule has 0 saturated carbocycles. The molecule has 0 aliphatic heterocycles. The van der Waals surface area contributed by atoms with E-state index in [9.17, 15) is 31.1 Å². The van der Waals surface area contributed by atoms with Crippen LogP contribution in [0.1, 0.15) is 22.4 Å². The normalized spacial score (nSPS) is 13.3. The fourth-order valence-corrected chi connectivity index (χ4v) is 4.22. The van der Waals surface area contributed by atoms with Crippen molar-refractivity contribution in [2.75, 3.05) is 5.32 Å². The molecule has 0 spiro atoms. The fourth-order valence-electron chi connectivity index (χ4n) is 4.11. The molecule has 5 nitrogen and oxygen atoms in total. The largest absolute Gasteiger partial charge is 0.573 e. The predicted molar refractivity (Wildman–Crippen MR) is 137 cm³/mol. The van der Waals surface area contributed by atoms with E-state index >= 15 is 0 Å². The van der Waals surface area contributed by atoms with Crippen LogP contribution < -0.4 is 15.4 Å². The Hall–Kier alpha value is -4.25. The molecular formula is C28H20ClF6N3O2. The number of benzene rings is 3. The maximum absolute atomic E-state index is 13.7. The molecule has 1 aromatic heterocycles. The third kappa shape index (κ3) is 7.23. The van der Waals surface area contributed by atoms with Crippen molar-refractivity contribution in [3.63, 3.8) is 0 Å². The Kier molecular flexibility index (Phi) is 8.24. The molecule has 4 rings (SSSR count). The molecule has 40 heavy (non-hydrogen) atoms. The molecule has 0 fully saturated rings. The Morgan fingerprint density at radius 3 is 2.10 bits per heavy atom. The van der Waals surface area contributed by atoms with Crippen LogP contribution in [0.5, 0.6) is 5.75 Å². The highest BCUT2D eigenvalue weighted by Crippen LogP contribution is 2.37. The van der Waals surface area contributed by atoms with Crippen LogP contribution in [0, 0.1) is 0 Å². The molecule has 0 radical (unpaired) electrons. The molecule has 0 saturated heterocycles. The maximum atomic E-state index is 13.7. The van der Waals surface area contributed by atoms with Gasteiger partial charge in [-0.2, -0.15) is 13.2 Å². The minimum atomic E-state index is -4.89. The number of carbonyl (C=O) groups excluding carboxylic acids is 1. The Bertz CT molecular complexity index is 1450. The summed E-state index contributed by atoms with van der Waals surface area (Å²) in [5.74, 6) is -0.494. The van der Waals surface area contributed by atoms with Gasteiger partial charge >= 0.3 is 18.6 Å². The molecule has 12 heteroatoms. The lowest BCUT2D eigenvalue weighted by Crippen LogP contribution is -2.50. The molecule has 1 atom stereocenters. The number of pyridine rings is 1. The monoisotopic (exact) mass is 579 g/mol. The van der Waals surface area contributed by atoms with Gasteiger partial charge in [-0.3, -0.25) is 4.98 Å². The van der Waals surface area contributed by atoms with Gasteiger partial charge in [0, 0.05) is 18.3 Å². The first-order valence-corrected chi connectivity index (χ1v) is 12.0. The van der Waals surface area contributed by atoms with E-state index in [1.807, 2.05) is 0 Å². The minimum Gasteiger partial charge on any atom is -0.406 e. The molecule has 0 aliphatic carbocycles. The highest BCUT2D eigenvalue weighted by atomic mass is 35.5. The molecule has 1 heterocycles. The number of amides is 2. The molecule has 4 aromatic rings. The molecular weight excluding hydrogens is 560 g/mol. The van der Waals surface area contributed by atoms with Crippen LogP contribution in [-0.2, 0) is 18.1 Å². The number of urea groups is 1. The van der Waals surface area contributed by atoms with Crippen LogP contribution in [0.15, 0.2) is 97.2 Å². The van der Waals surface area contributed by atoms with E-state index < -0.39 is 35.4 Å². The van der Waals surface area contributed by atoms with Crippen LogP contribution >= 0.6 is 11.6 Å². The van der Waals surface area contributed by atoms with Gasteiger partial charge in [0.1, 0.15) is 11.3 Å². The minimum absolute atomic E-state index is 0.00440. The Morgan fingerprint density at radius 2 is 1.50 bits per heavy atom. The summed E-state index contributed by atoms with van der Waals surface area (Å²) in [6.45, 7) is 0. The van der Waals surface area contributed by atoms with Crippen LogP contribution in [-0.4, -0.2) is 17.4 Å². The third-order valence-electron chi connectivity index (χ3n) is 5.83. The third-order valence-corrected chi connectivity index (χ3v) is 6.06. The number of aromatic nitrogens is 1. The summed E-state index contributed by atoms with van der Waals surface area (Å²) in [5, 5.41) is 5.55. The van der Waals surface area contributed by atoms with Gasteiger partial charge in [-0.1, -0.05) is 54.1 Å². The number of nitrogens with one attached hydrogen (secondary N) is 2. The molecule has 0 aliphatic rings. The smallest absolute Gasteiger partial charge is 0.406 e. The summed E-state index contributed by atoms with van der Waals surface area (Å²) in [5.41, 5.74) is -1.50. The lowest BCUT2D eigenvalue weighted by molar-refractivity contribution is -0.274. The van der Waals surface area contributed by atoms with Gasteiger partial charge in [-0.05, 0) is 59.7 Å². The van der Waals surface area contributed by atoms with Crippen molar-refractivity contribution < 1.29 is 35.9 Å². The van der Waals surface area contributed by atoms with Gasteiger partial charge in [-0.25, -0.2) is 4.79 Å². The number of nitrogens with zero attached hydrogens (tertiary/aromatic N) is 1. The van der Waals surface area contributed by atoms with E-state index in [2.05, 4.69) is 20.4 Å². The van der Waals surface area contributed by atoms with Gasteiger partial charge in [0.05, 0.1) is 16.3 Å². The zero-order valence-electron chi connectivity index (χ0n) is 20.4. The number of carbonyl (C=O) groups is 1. The zero-order valence-corrected chi connectivity index (χ0v) is 21.1. The summed E-state index contributed by atoms with van der Waals surface area (Å²) in [4.78, 5) is 17.7. The van der Waals surface area contributed by atoms with Crippen LogP contribution in [0.3, 0.4) is 0 Å². The van der Waals surface area contributed by atoms with Crippen molar-refractivity contribution in [2.45, 2.75) is 24.5 Å². The number of rotatable bonds is 7. The highest BCUT2D eigenvalue weighted by Gasteiger charge is 2.40. The van der Waals surface area contributed by atoms with E-state index in [-0.39, 0.29) is 28.4 Å². The number of anilines is 1. The SMILES string of the molecule is O=C(Nc1ccc(OC(F)(F)F)cc1)NC(Cc1ccccc1)(c1cccc(C(F)(F)F)c1)c1ccc(Cl)cn1. The molecule has 208 valence electrons. The second-order valence-corrected chi connectivity index (χ2v) is 9.10. The molecule has 3 aromatic carbocycles. The number of hydrogen-bond donors (Lipinski definition) is 2. The quantitative estimate of drug-likeness (QED) is 0.218. The summed E-state index contributed by atoms with van der Waals surface area (Å²) in [6.07, 6.45) is -8.25. The summed E-state index contributed by atoms with van der Waals surface area (Å²) in [7, 11) is 0. The molecule has 2 N–H and O–H groups in total. The van der Waals surface area contributed by atoms with Crippen LogP contribution in [0.4, 0.5) is 36.8 Å². The van der Waals surface area contributed by atoms with Gasteiger partial charge in [0.15, 0.2) is 0 Å². The van der Waals surface area contributed by atoms with E-state index in [0.29, 0.717) is 5.56 Å². The second-order valence-electron chi connectivity index (χ2n) is 8.66. The predicted octanol–water partition coefficient (Wildman–Crippen LogP) is 7.96. The van der Waals surface area contributed by atoms with Gasteiger partial charge in [-0.15, -0.1) is 13.2 Å². The first-order chi connectivity index (χ1) is 18.8. The molecule has 2 amide bonds. The van der Waals surface area contributed by atoms with Crippen molar-refractivity contribution in [3.8, 4) is 5.75 Å². The first-order valence-electron chi connectivity index (χ1n) is 11.6. The summed E-state index contributed by atoms with van der Waals surface area (Å²) < 4.78 is 82.4. The van der Waals surface area contributed by atoms with E-state index in [1.54, 1.807) is 30.3 Å². The highest BCUT2D eigenvalue weighted by molar-refractivity contribution is 6.30. The standard InChI is InChI=1S/C28H20ClF6N3O2/c29-21-9-14-24(36-17-21)26(16-18-5-2-1-3-6-18,19-7-4-8-20(15-19)27(30,31)32)38-25(39)37-22-10-12-23(13-11-22)40-28(33,34)35/h1-15,17H,16H2,(H2,37,38,39). The number of alkyl halides is 6. The number of hydrogen-bond acceptors (Lipinski definition) is 3.